The van der Waals surface area contributed by atoms with Crippen molar-refractivity contribution in [3.8, 4) is 0 Å². The van der Waals surface area contributed by atoms with Gasteiger partial charge in [-0.25, -0.2) is 0 Å². The first-order chi connectivity index (χ1) is 3.89. The largest absolute Gasteiger partial charge is 1.00 e. The zero-order chi connectivity index (χ0) is 6.41. The normalized spacial score (nSPS) is 23.7. The third kappa shape index (κ3) is 6.47. The minimum absolute atomic E-state index is 0. The summed E-state index contributed by atoms with van der Waals surface area (Å²) in [5.74, 6) is 0. The smallest absolute Gasteiger partial charge is 0.660 e. The Hall–Kier alpha value is 0.583. The van der Waals surface area contributed by atoms with Gasteiger partial charge < -0.3 is 5.32 Å². The predicted octanol–water partition coefficient (Wildman–Crippen LogP) is 2.57. The third-order valence-corrected chi connectivity index (χ3v) is 1.22. The summed E-state index contributed by atoms with van der Waals surface area (Å²) in [5, 5.41) is 4.24. The molecule has 0 bridgehead atoms. The first kappa shape index (κ1) is 12.3. The Labute approximate surface area is 71.4 Å². The zero-order valence-electron chi connectivity index (χ0n) is 6.50. The van der Waals surface area contributed by atoms with Gasteiger partial charge in [-0.05, 0) is 0 Å². The van der Waals surface area contributed by atoms with Gasteiger partial charge in [0.1, 0.15) is 0 Å². The summed E-state index contributed by atoms with van der Waals surface area (Å²) >= 11 is 0. The van der Waals surface area contributed by atoms with Crippen LogP contribution in [0.3, 0.4) is 0 Å². The van der Waals surface area contributed by atoms with E-state index in [1.54, 1.807) is 0 Å². The summed E-state index contributed by atoms with van der Waals surface area (Å²) in [6, 6.07) is 0.671. The quantitative estimate of drug-likeness (QED) is 0.551. The number of hydrogen-bond donors (Lipinski definition) is 0. The predicted molar refractivity (Wildman–Crippen MR) is 38.3 cm³/mol. The summed E-state index contributed by atoms with van der Waals surface area (Å²) in [6.45, 7) is 7.29. The maximum absolute atomic E-state index is 4.24. The molecule has 1 heterocycles. The van der Waals surface area contributed by atoms with Gasteiger partial charge in [-0.1, -0.05) is 33.6 Å². The molecule has 0 saturated carbocycles. The Balaban J connectivity index is 0. The van der Waals surface area contributed by atoms with Crippen molar-refractivity contribution in [3.05, 3.63) is 5.32 Å². The van der Waals surface area contributed by atoms with Crippen molar-refractivity contribution in [3.63, 3.8) is 0 Å². The fourth-order valence-electron chi connectivity index (χ4n) is 0.790. The molecule has 0 N–H and O–H groups in total. The standard InChI is InChI=1S/C5H10N.C2H6.Ru/c1-5-3-2-4-6-5;1-2;/h5H,2-4H2,1H3;1-2H3;/q-1;;+1. The average molecular weight is 215 g/mol. The van der Waals surface area contributed by atoms with Gasteiger partial charge in [-0.2, -0.15) is 0 Å². The number of hydrogen-bond acceptors (Lipinski definition) is 0. The van der Waals surface area contributed by atoms with Crippen molar-refractivity contribution in [2.45, 2.75) is 39.7 Å². The Morgan fingerprint density at radius 3 is 2.00 bits per heavy atom. The van der Waals surface area contributed by atoms with Gasteiger partial charge in [0.15, 0.2) is 0 Å². The molecule has 0 aliphatic carbocycles. The van der Waals surface area contributed by atoms with Crippen molar-refractivity contribution in [1.29, 1.82) is 0 Å². The third-order valence-electron chi connectivity index (χ3n) is 1.22. The van der Waals surface area contributed by atoms with Crippen LogP contribution in [0.5, 0.6) is 0 Å². The molecule has 1 radical (unpaired) electrons. The molecular weight excluding hydrogens is 199 g/mol. The Morgan fingerprint density at radius 2 is 1.89 bits per heavy atom. The number of rotatable bonds is 0. The van der Waals surface area contributed by atoms with E-state index in [0.29, 0.717) is 6.04 Å². The summed E-state index contributed by atoms with van der Waals surface area (Å²) in [6.07, 6.45) is 2.64. The Morgan fingerprint density at radius 1 is 1.33 bits per heavy atom. The monoisotopic (exact) mass is 216 g/mol. The van der Waals surface area contributed by atoms with Gasteiger partial charge >= 0.3 is 19.5 Å². The van der Waals surface area contributed by atoms with Crippen LogP contribution in [0.4, 0.5) is 0 Å². The Bertz CT molecular complexity index is 42.2. The molecule has 2 heteroatoms. The van der Waals surface area contributed by atoms with Gasteiger partial charge in [0.2, 0.25) is 0 Å². The van der Waals surface area contributed by atoms with Crippen molar-refractivity contribution in [2.24, 2.45) is 0 Å². The van der Waals surface area contributed by atoms with Crippen molar-refractivity contribution in [2.75, 3.05) is 6.54 Å². The van der Waals surface area contributed by atoms with Crippen LogP contribution in [-0.2, 0) is 19.5 Å². The molecule has 1 nitrogen and oxygen atoms in total. The van der Waals surface area contributed by atoms with Crippen LogP contribution < -0.4 is 0 Å². The van der Waals surface area contributed by atoms with E-state index in [0.717, 1.165) is 6.54 Å². The molecule has 1 unspecified atom stereocenters. The maximum Gasteiger partial charge on any atom is 1.00 e. The van der Waals surface area contributed by atoms with Crippen LogP contribution in [0.1, 0.15) is 33.6 Å². The van der Waals surface area contributed by atoms with Crippen LogP contribution in [0.2, 0.25) is 0 Å². The van der Waals surface area contributed by atoms with Crippen molar-refractivity contribution in [1.82, 2.24) is 0 Å². The van der Waals surface area contributed by atoms with E-state index in [-0.39, 0.29) is 19.5 Å². The van der Waals surface area contributed by atoms with Crippen molar-refractivity contribution >= 4 is 0 Å². The minimum atomic E-state index is 0. The van der Waals surface area contributed by atoms with Crippen LogP contribution in [0, 0.1) is 0 Å². The molecule has 1 saturated heterocycles. The molecule has 0 aromatic heterocycles. The van der Waals surface area contributed by atoms with E-state index in [4.69, 9.17) is 0 Å². The van der Waals surface area contributed by atoms with E-state index < -0.39 is 0 Å². The van der Waals surface area contributed by atoms with E-state index in [2.05, 4.69) is 12.2 Å². The average Bonchev–Trinajstić information content (AvgIpc) is 2.24. The van der Waals surface area contributed by atoms with Gasteiger partial charge in [-0.15, -0.1) is 12.6 Å². The SMILES string of the molecule is CC.CC1CCC[N-]1.[Ru+]. The molecule has 0 spiro atoms. The summed E-state index contributed by atoms with van der Waals surface area (Å²) in [5.41, 5.74) is 0. The van der Waals surface area contributed by atoms with E-state index in [9.17, 15) is 0 Å². The van der Waals surface area contributed by atoms with Crippen LogP contribution in [0.25, 0.3) is 5.32 Å². The molecule has 0 aromatic rings. The van der Waals surface area contributed by atoms with Crippen LogP contribution in [-0.4, -0.2) is 12.6 Å². The van der Waals surface area contributed by atoms with Crippen molar-refractivity contribution < 1.29 is 19.5 Å². The molecule has 9 heavy (non-hydrogen) atoms. The van der Waals surface area contributed by atoms with E-state index >= 15 is 0 Å². The van der Waals surface area contributed by atoms with Gasteiger partial charge in [-0.3, -0.25) is 0 Å². The molecular formula is C7H16NRu. The zero-order valence-corrected chi connectivity index (χ0v) is 8.24. The molecule has 0 aromatic carbocycles. The summed E-state index contributed by atoms with van der Waals surface area (Å²) in [7, 11) is 0. The summed E-state index contributed by atoms with van der Waals surface area (Å²) in [4.78, 5) is 0. The first-order valence-corrected chi connectivity index (χ1v) is 3.56. The maximum atomic E-state index is 4.24. The van der Waals surface area contributed by atoms with Crippen LogP contribution in [0.15, 0.2) is 0 Å². The molecule has 1 rings (SSSR count). The topological polar surface area (TPSA) is 14.1 Å². The summed E-state index contributed by atoms with van der Waals surface area (Å²) < 4.78 is 0. The Kier molecular flexibility index (Phi) is 11.7. The first-order valence-electron chi connectivity index (χ1n) is 3.56. The number of nitrogens with zero attached hydrogens (tertiary/aromatic N) is 1. The van der Waals surface area contributed by atoms with Gasteiger partial charge in [0.05, 0.1) is 0 Å². The molecule has 0 amide bonds. The second-order valence-electron chi connectivity index (χ2n) is 1.90. The second kappa shape index (κ2) is 8.58. The molecule has 1 aliphatic heterocycles. The molecule has 57 valence electrons. The molecule has 1 atom stereocenters. The van der Waals surface area contributed by atoms with Gasteiger partial charge in [0.25, 0.3) is 0 Å². The fourth-order valence-corrected chi connectivity index (χ4v) is 0.790. The van der Waals surface area contributed by atoms with Crippen LogP contribution >= 0.6 is 0 Å². The minimum Gasteiger partial charge on any atom is -0.660 e. The van der Waals surface area contributed by atoms with E-state index in [1.165, 1.54) is 12.8 Å². The fraction of sp³-hybridized carbons (Fsp3) is 1.00. The molecule has 1 fully saturated rings. The molecule has 1 aliphatic rings. The second-order valence-corrected chi connectivity index (χ2v) is 1.90. The van der Waals surface area contributed by atoms with Gasteiger partial charge in [0, 0.05) is 0 Å². The van der Waals surface area contributed by atoms with E-state index in [1.807, 2.05) is 13.8 Å².